The number of aliphatic hydroxyl groups excluding tert-OH is 1. The van der Waals surface area contributed by atoms with Crippen LogP contribution in [0.4, 0.5) is 0 Å². The van der Waals surface area contributed by atoms with Gasteiger partial charge in [0.25, 0.3) is 0 Å². The summed E-state index contributed by atoms with van der Waals surface area (Å²) < 4.78 is 68.0. The Labute approximate surface area is 529 Å². The number of hydrogen-bond acceptors (Lipinski definition) is 15. The fourth-order valence-electron chi connectivity index (χ4n) is 9.75. The van der Waals surface area contributed by atoms with Gasteiger partial charge in [-0.25, -0.2) is 9.13 Å². The first kappa shape index (κ1) is 84.5. The first-order valence-corrected chi connectivity index (χ1v) is 37.9. The van der Waals surface area contributed by atoms with Crippen molar-refractivity contribution in [2.75, 3.05) is 39.6 Å². The molecule has 0 fully saturated rings. The number of unbranched alkanes of at least 4 members (excludes halogenated alkanes) is 35. The van der Waals surface area contributed by atoms with Gasteiger partial charge in [0, 0.05) is 25.7 Å². The number of allylic oxidation sites excluding steroid dienone is 4. The van der Waals surface area contributed by atoms with Gasteiger partial charge in [0.15, 0.2) is 12.2 Å². The first-order valence-electron chi connectivity index (χ1n) is 35.0. The van der Waals surface area contributed by atoms with Crippen LogP contribution in [0.25, 0.3) is 0 Å². The topological polar surface area (TPSA) is 237 Å². The molecule has 3 N–H and O–H groups in total. The van der Waals surface area contributed by atoms with Crippen LogP contribution in [0.3, 0.4) is 0 Å². The summed E-state index contributed by atoms with van der Waals surface area (Å²) in [6.45, 7) is 7.10. The molecule has 19 heteroatoms. The number of esters is 4. The SMILES string of the molecule is CCCCCC/C=C\C=C/CCCCCCCC(=O)O[C@H](COC(=O)CCCCCCCCCCCCCCC)COP(=O)(O)OC[C@@H](O)COP(=O)(O)OC[C@@H](COC(=O)CCCCCCCCC)OC(=O)CCCCCCCCCCCC(C)C. The van der Waals surface area contributed by atoms with E-state index in [4.69, 9.17) is 37.0 Å². The molecule has 17 nitrogen and oxygen atoms in total. The van der Waals surface area contributed by atoms with Gasteiger partial charge in [-0.15, -0.1) is 0 Å². The molecule has 512 valence electrons. The van der Waals surface area contributed by atoms with Gasteiger partial charge in [-0.05, 0) is 57.3 Å². The van der Waals surface area contributed by atoms with E-state index in [2.05, 4.69) is 58.9 Å². The summed E-state index contributed by atoms with van der Waals surface area (Å²) >= 11 is 0. The van der Waals surface area contributed by atoms with Crippen LogP contribution in [-0.4, -0.2) is 96.7 Å². The third kappa shape index (κ3) is 62.1. The smallest absolute Gasteiger partial charge is 0.462 e. The molecule has 0 saturated heterocycles. The number of hydrogen-bond donors (Lipinski definition) is 3. The summed E-state index contributed by atoms with van der Waals surface area (Å²) in [5.41, 5.74) is 0. The van der Waals surface area contributed by atoms with Gasteiger partial charge >= 0.3 is 39.5 Å². The lowest BCUT2D eigenvalue weighted by Gasteiger charge is -2.21. The molecule has 0 saturated carbocycles. The van der Waals surface area contributed by atoms with Crippen LogP contribution in [-0.2, 0) is 65.4 Å². The second-order valence-corrected chi connectivity index (χ2v) is 27.3. The normalized spacial score (nSPS) is 14.3. The average Bonchev–Trinajstić information content (AvgIpc) is 3.66. The highest BCUT2D eigenvalue weighted by Crippen LogP contribution is 2.45. The molecule has 87 heavy (non-hydrogen) atoms. The van der Waals surface area contributed by atoms with Crippen LogP contribution >= 0.6 is 15.6 Å². The Balaban J connectivity index is 5.25. The van der Waals surface area contributed by atoms with Gasteiger partial charge in [-0.2, -0.15) is 0 Å². The second kappa shape index (κ2) is 61.1. The number of rotatable bonds is 66. The lowest BCUT2D eigenvalue weighted by molar-refractivity contribution is -0.161. The van der Waals surface area contributed by atoms with Gasteiger partial charge in [-0.3, -0.25) is 37.3 Å². The fraction of sp³-hybridized carbons (Fsp3) is 0.882. The molecule has 0 aromatic heterocycles. The molecule has 0 heterocycles. The summed E-state index contributed by atoms with van der Waals surface area (Å²) in [4.78, 5) is 72.3. The summed E-state index contributed by atoms with van der Waals surface area (Å²) in [7, 11) is -9.90. The van der Waals surface area contributed by atoms with Gasteiger partial charge in [-0.1, -0.05) is 271 Å². The Morgan fingerprint density at radius 2 is 0.621 bits per heavy atom. The van der Waals surface area contributed by atoms with Crippen LogP contribution in [0.2, 0.25) is 0 Å². The van der Waals surface area contributed by atoms with Gasteiger partial charge in [0.05, 0.1) is 26.4 Å². The van der Waals surface area contributed by atoms with E-state index in [9.17, 15) is 43.2 Å². The largest absolute Gasteiger partial charge is 0.472 e. The molecule has 0 radical (unpaired) electrons. The first-order chi connectivity index (χ1) is 42.0. The van der Waals surface area contributed by atoms with E-state index in [0.717, 1.165) is 121 Å². The highest BCUT2D eigenvalue weighted by molar-refractivity contribution is 7.47. The third-order valence-electron chi connectivity index (χ3n) is 15.2. The molecule has 0 rings (SSSR count). The molecule has 0 aromatic rings. The standard InChI is InChI=1S/C68H128O17P2/c1-6-9-12-15-18-20-22-24-25-27-29-33-38-43-48-53-67(72)85-64(58-79-66(71)52-47-42-37-32-28-26-23-21-19-16-13-10-7-2)60-83-87(76,77)81-56-62(69)55-80-86(74,75)82-59-63(57-78-65(70)51-46-41-35-17-14-11-8-3)84-68(73)54-49-44-39-34-30-31-36-40-45-50-61(4)5/h20,22,24-25,61-64,69H,6-19,21,23,26-60H2,1-5H3,(H,74,75)(H,76,77)/b22-20-,25-24-/t62-,63+,64+/m0/s1. The zero-order valence-electron chi connectivity index (χ0n) is 55.6. The Morgan fingerprint density at radius 1 is 0.356 bits per heavy atom. The lowest BCUT2D eigenvalue weighted by atomic mass is 10.0. The van der Waals surface area contributed by atoms with Crippen LogP contribution in [0.5, 0.6) is 0 Å². The quantitative estimate of drug-likeness (QED) is 0.0169. The minimum absolute atomic E-state index is 0.0853. The van der Waals surface area contributed by atoms with E-state index in [0.29, 0.717) is 25.7 Å². The second-order valence-electron chi connectivity index (χ2n) is 24.4. The predicted octanol–water partition coefficient (Wildman–Crippen LogP) is 18.9. The number of carbonyl (C=O) groups excluding carboxylic acids is 4. The summed E-state index contributed by atoms with van der Waals surface area (Å²) in [6, 6.07) is 0. The van der Waals surface area contributed by atoms with Gasteiger partial charge in [0.2, 0.25) is 0 Å². The Kier molecular flexibility index (Phi) is 59.3. The predicted molar refractivity (Wildman–Crippen MR) is 349 cm³/mol. The number of phosphoric ester groups is 2. The molecule has 2 unspecified atom stereocenters. The van der Waals surface area contributed by atoms with E-state index < -0.39 is 97.5 Å². The Hall–Kier alpha value is -2.46. The molecule has 0 aliphatic rings. The van der Waals surface area contributed by atoms with Crippen molar-refractivity contribution in [2.24, 2.45) is 5.92 Å². The van der Waals surface area contributed by atoms with Crippen LogP contribution in [0.1, 0.15) is 324 Å². The molecular formula is C68H128O17P2. The lowest BCUT2D eigenvalue weighted by Crippen LogP contribution is -2.30. The van der Waals surface area contributed by atoms with Crippen molar-refractivity contribution in [3.05, 3.63) is 24.3 Å². The highest BCUT2D eigenvalue weighted by Gasteiger charge is 2.30. The molecule has 0 aliphatic carbocycles. The van der Waals surface area contributed by atoms with Crippen LogP contribution < -0.4 is 0 Å². The van der Waals surface area contributed by atoms with Crippen LogP contribution in [0, 0.1) is 5.92 Å². The van der Waals surface area contributed by atoms with Crippen molar-refractivity contribution >= 4 is 39.5 Å². The zero-order chi connectivity index (χ0) is 64.2. The molecule has 0 bridgehead atoms. The van der Waals surface area contributed by atoms with Gasteiger partial charge < -0.3 is 33.8 Å². The fourth-order valence-corrected chi connectivity index (χ4v) is 11.3. The van der Waals surface area contributed by atoms with Crippen molar-refractivity contribution in [3.63, 3.8) is 0 Å². The van der Waals surface area contributed by atoms with Crippen molar-refractivity contribution in [3.8, 4) is 0 Å². The number of phosphoric acid groups is 2. The maximum atomic E-state index is 13.0. The minimum atomic E-state index is -4.96. The van der Waals surface area contributed by atoms with E-state index in [-0.39, 0.29) is 25.7 Å². The molecule has 0 amide bonds. The minimum Gasteiger partial charge on any atom is -0.462 e. The molecule has 0 aliphatic heterocycles. The molecule has 0 aromatic carbocycles. The van der Waals surface area contributed by atoms with Crippen molar-refractivity contribution in [2.45, 2.75) is 342 Å². The number of aliphatic hydroxyl groups is 1. The van der Waals surface area contributed by atoms with E-state index >= 15 is 0 Å². The van der Waals surface area contributed by atoms with Crippen molar-refractivity contribution in [1.82, 2.24) is 0 Å². The average molecular weight is 1280 g/mol. The molecule has 0 spiro atoms. The van der Waals surface area contributed by atoms with Crippen LogP contribution in [0.15, 0.2) is 24.3 Å². The maximum Gasteiger partial charge on any atom is 0.472 e. The highest BCUT2D eigenvalue weighted by atomic mass is 31.2. The van der Waals surface area contributed by atoms with E-state index in [1.54, 1.807) is 0 Å². The zero-order valence-corrected chi connectivity index (χ0v) is 57.4. The van der Waals surface area contributed by atoms with E-state index in [1.165, 1.54) is 122 Å². The maximum absolute atomic E-state index is 13.0. The number of ether oxygens (including phenoxy) is 4. The van der Waals surface area contributed by atoms with Gasteiger partial charge in [0.1, 0.15) is 19.3 Å². The third-order valence-corrected chi connectivity index (χ3v) is 17.1. The van der Waals surface area contributed by atoms with Crippen molar-refractivity contribution < 1.29 is 80.2 Å². The summed E-state index contributed by atoms with van der Waals surface area (Å²) in [5.74, 6) is -1.43. The van der Waals surface area contributed by atoms with Crippen molar-refractivity contribution in [1.29, 1.82) is 0 Å². The Bertz CT molecular complexity index is 1780. The number of carbonyl (C=O) groups is 4. The monoisotopic (exact) mass is 1280 g/mol. The summed E-state index contributed by atoms with van der Waals surface area (Å²) in [6.07, 6.45) is 49.5. The van der Waals surface area contributed by atoms with E-state index in [1.807, 2.05) is 0 Å². The molecule has 5 atom stereocenters. The summed E-state index contributed by atoms with van der Waals surface area (Å²) in [5, 5.41) is 10.6. The Morgan fingerprint density at radius 3 is 0.943 bits per heavy atom. The molecular weight excluding hydrogens is 1150 g/mol.